The van der Waals surface area contributed by atoms with Crippen molar-refractivity contribution in [2.75, 3.05) is 26.7 Å². The first-order chi connectivity index (χ1) is 9.49. The minimum atomic E-state index is -0.306. The fraction of sp³-hybridized carbons (Fsp3) is 0.429. The Kier molecular flexibility index (Phi) is 4.12. The number of amides is 3. The topological polar surface area (TPSA) is 72.9 Å². The van der Waals surface area contributed by atoms with E-state index in [-0.39, 0.29) is 30.3 Å². The Morgan fingerprint density at radius 1 is 1.40 bits per heavy atom. The van der Waals surface area contributed by atoms with E-state index < -0.39 is 0 Å². The van der Waals surface area contributed by atoms with Gasteiger partial charge in [-0.05, 0) is 13.0 Å². The molecule has 1 saturated heterocycles. The molecule has 2 N–H and O–H groups in total. The molecule has 6 nitrogen and oxygen atoms in total. The van der Waals surface area contributed by atoms with E-state index in [1.165, 1.54) is 4.90 Å². The van der Waals surface area contributed by atoms with Gasteiger partial charge in [-0.1, -0.05) is 18.2 Å². The molecule has 108 valence electrons. The summed E-state index contributed by atoms with van der Waals surface area (Å²) in [5.41, 5.74) is 0.658. The van der Waals surface area contributed by atoms with Gasteiger partial charge >= 0.3 is 6.03 Å². The molecule has 2 rings (SSSR count). The Labute approximate surface area is 118 Å². The number of phenols is 1. The van der Waals surface area contributed by atoms with Gasteiger partial charge in [-0.2, -0.15) is 0 Å². The molecule has 1 aromatic rings. The minimum absolute atomic E-state index is 0.0428. The van der Waals surface area contributed by atoms with Crippen LogP contribution in [0, 0.1) is 0 Å². The molecule has 0 unspecified atom stereocenters. The van der Waals surface area contributed by atoms with Gasteiger partial charge < -0.3 is 20.2 Å². The summed E-state index contributed by atoms with van der Waals surface area (Å²) in [5, 5.41) is 12.5. The van der Waals surface area contributed by atoms with Crippen molar-refractivity contribution in [3.63, 3.8) is 0 Å². The maximum absolute atomic E-state index is 11.9. The fourth-order valence-corrected chi connectivity index (χ4v) is 2.24. The number of carbonyl (C=O) groups is 2. The second-order valence-electron chi connectivity index (χ2n) is 4.97. The predicted octanol–water partition coefficient (Wildman–Crippen LogP) is 0.937. The van der Waals surface area contributed by atoms with Crippen LogP contribution in [0.4, 0.5) is 4.79 Å². The van der Waals surface area contributed by atoms with Crippen LogP contribution >= 0.6 is 0 Å². The molecule has 1 atom stereocenters. The highest BCUT2D eigenvalue weighted by molar-refractivity contribution is 5.85. The molecule has 1 aliphatic rings. The zero-order chi connectivity index (χ0) is 14.7. The third kappa shape index (κ3) is 3.01. The van der Waals surface area contributed by atoms with E-state index in [0.717, 1.165) is 0 Å². The third-order valence-electron chi connectivity index (χ3n) is 3.42. The summed E-state index contributed by atoms with van der Waals surface area (Å²) in [6.45, 7) is 3.04. The summed E-state index contributed by atoms with van der Waals surface area (Å²) in [5.74, 6) is -0.0818. The maximum Gasteiger partial charge on any atom is 0.320 e. The molecule has 0 aliphatic carbocycles. The Bertz CT molecular complexity index is 518. The van der Waals surface area contributed by atoms with Gasteiger partial charge in [-0.3, -0.25) is 4.79 Å². The quantitative estimate of drug-likeness (QED) is 0.860. The van der Waals surface area contributed by atoms with Crippen molar-refractivity contribution >= 4 is 11.9 Å². The molecule has 6 heteroatoms. The Morgan fingerprint density at radius 3 is 2.70 bits per heavy atom. The number of hydrogen-bond acceptors (Lipinski definition) is 3. The first-order valence-electron chi connectivity index (χ1n) is 6.56. The zero-order valence-electron chi connectivity index (χ0n) is 11.7. The number of hydrogen-bond donors (Lipinski definition) is 2. The number of benzene rings is 1. The summed E-state index contributed by atoms with van der Waals surface area (Å²) in [7, 11) is 1.71. The lowest BCUT2D eigenvalue weighted by molar-refractivity contribution is -0.122. The van der Waals surface area contributed by atoms with Gasteiger partial charge in [0, 0.05) is 25.7 Å². The van der Waals surface area contributed by atoms with Gasteiger partial charge in [0.2, 0.25) is 5.91 Å². The van der Waals surface area contributed by atoms with Gasteiger partial charge in [-0.25, -0.2) is 4.79 Å². The summed E-state index contributed by atoms with van der Waals surface area (Å²) in [6, 6.07) is 6.43. The number of urea groups is 1. The van der Waals surface area contributed by atoms with E-state index in [1.54, 1.807) is 43.1 Å². The molecule has 0 radical (unpaired) electrons. The Balaban J connectivity index is 1.92. The van der Waals surface area contributed by atoms with Crippen LogP contribution in [0.5, 0.6) is 5.75 Å². The number of carbonyl (C=O) groups excluding carboxylic acids is 2. The average Bonchev–Trinajstić information content (AvgIpc) is 2.71. The monoisotopic (exact) mass is 277 g/mol. The fourth-order valence-electron chi connectivity index (χ4n) is 2.24. The van der Waals surface area contributed by atoms with Gasteiger partial charge in [0.05, 0.1) is 6.04 Å². The van der Waals surface area contributed by atoms with E-state index in [2.05, 4.69) is 5.32 Å². The molecule has 1 aliphatic heterocycles. The molecule has 1 fully saturated rings. The van der Waals surface area contributed by atoms with Gasteiger partial charge in [0.1, 0.15) is 12.3 Å². The second-order valence-corrected chi connectivity index (χ2v) is 4.97. The summed E-state index contributed by atoms with van der Waals surface area (Å²) in [4.78, 5) is 26.7. The first-order valence-corrected chi connectivity index (χ1v) is 6.56. The maximum atomic E-state index is 11.9. The molecule has 0 spiro atoms. The van der Waals surface area contributed by atoms with Crippen LogP contribution in [0.15, 0.2) is 24.3 Å². The highest BCUT2D eigenvalue weighted by Gasteiger charge is 2.27. The van der Waals surface area contributed by atoms with Crippen molar-refractivity contribution in [2.45, 2.75) is 13.0 Å². The number of nitrogens with zero attached hydrogens (tertiary/aromatic N) is 2. The van der Waals surface area contributed by atoms with E-state index in [1.807, 2.05) is 0 Å². The molecule has 1 heterocycles. The SMILES string of the molecule is C[C@@H](NC(=O)CN1CCN(C)C1=O)c1ccccc1O. The molecule has 0 aromatic heterocycles. The largest absolute Gasteiger partial charge is 0.508 e. The standard InChI is InChI=1S/C14H19N3O3/c1-10(11-5-3-4-6-12(11)18)15-13(19)9-17-8-7-16(2)14(17)20/h3-6,10,18H,7-9H2,1-2H3,(H,15,19)/t10-/m1/s1. The molecular formula is C14H19N3O3. The molecular weight excluding hydrogens is 258 g/mol. The number of nitrogens with one attached hydrogen (secondary N) is 1. The van der Waals surface area contributed by atoms with E-state index in [0.29, 0.717) is 18.7 Å². The first kappa shape index (κ1) is 14.2. The highest BCUT2D eigenvalue weighted by atomic mass is 16.3. The number of phenolic OH excluding ortho intramolecular Hbond substituents is 1. The van der Waals surface area contributed by atoms with Crippen molar-refractivity contribution in [1.29, 1.82) is 0 Å². The predicted molar refractivity (Wildman–Crippen MR) is 74.3 cm³/mol. The van der Waals surface area contributed by atoms with Gasteiger partial charge in [0.25, 0.3) is 0 Å². The lowest BCUT2D eigenvalue weighted by Gasteiger charge is -2.19. The minimum Gasteiger partial charge on any atom is -0.508 e. The Hall–Kier alpha value is -2.24. The molecule has 0 bridgehead atoms. The normalized spacial score (nSPS) is 16.4. The van der Waals surface area contributed by atoms with Crippen LogP contribution in [0.3, 0.4) is 0 Å². The lowest BCUT2D eigenvalue weighted by Crippen LogP contribution is -2.40. The Morgan fingerprint density at radius 2 is 2.10 bits per heavy atom. The smallest absolute Gasteiger partial charge is 0.320 e. The van der Waals surface area contributed by atoms with E-state index >= 15 is 0 Å². The molecule has 1 aromatic carbocycles. The zero-order valence-corrected chi connectivity index (χ0v) is 11.7. The second kappa shape index (κ2) is 5.81. The molecule has 20 heavy (non-hydrogen) atoms. The van der Waals surface area contributed by atoms with Crippen LogP contribution in [0.1, 0.15) is 18.5 Å². The lowest BCUT2D eigenvalue weighted by atomic mass is 10.1. The highest BCUT2D eigenvalue weighted by Crippen LogP contribution is 2.22. The number of likely N-dealkylation sites (N-methyl/N-ethyl adjacent to an activating group) is 1. The summed E-state index contributed by atoms with van der Waals surface area (Å²) >= 11 is 0. The van der Waals surface area contributed by atoms with Gasteiger partial charge in [-0.15, -0.1) is 0 Å². The van der Waals surface area contributed by atoms with Crippen LogP contribution in [-0.4, -0.2) is 53.5 Å². The van der Waals surface area contributed by atoms with E-state index in [9.17, 15) is 14.7 Å². The number of para-hydroxylation sites is 1. The van der Waals surface area contributed by atoms with E-state index in [4.69, 9.17) is 0 Å². The van der Waals surface area contributed by atoms with Crippen molar-refractivity contribution in [3.8, 4) is 5.75 Å². The van der Waals surface area contributed by atoms with Crippen molar-refractivity contribution in [1.82, 2.24) is 15.1 Å². The van der Waals surface area contributed by atoms with Crippen LogP contribution < -0.4 is 5.32 Å². The average molecular weight is 277 g/mol. The van der Waals surface area contributed by atoms with Crippen LogP contribution in [0.25, 0.3) is 0 Å². The third-order valence-corrected chi connectivity index (χ3v) is 3.42. The summed E-state index contributed by atoms with van der Waals surface area (Å²) < 4.78 is 0. The number of aromatic hydroxyl groups is 1. The van der Waals surface area contributed by atoms with Crippen LogP contribution in [-0.2, 0) is 4.79 Å². The molecule has 3 amide bonds. The molecule has 0 saturated carbocycles. The van der Waals surface area contributed by atoms with Gasteiger partial charge in [0.15, 0.2) is 0 Å². The number of rotatable bonds is 4. The summed E-state index contributed by atoms with van der Waals surface area (Å²) in [6.07, 6.45) is 0. The van der Waals surface area contributed by atoms with Crippen molar-refractivity contribution in [2.24, 2.45) is 0 Å². The van der Waals surface area contributed by atoms with Crippen LogP contribution in [0.2, 0.25) is 0 Å². The van der Waals surface area contributed by atoms with Crippen molar-refractivity contribution < 1.29 is 14.7 Å². The van der Waals surface area contributed by atoms with Crippen molar-refractivity contribution in [3.05, 3.63) is 29.8 Å².